The quantitative estimate of drug-likeness (QED) is 0.0219. The van der Waals surface area contributed by atoms with Crippen molar-refractivity contribution >= 4 is 113 Å². The standard InChI is InChI=1S/C96H159N9O44.CH4/c1-14-15-16-17-18-19-20-21-22-32-78(118)97-33-28-25-31-74(93(124)125)105-92(123)73(30-24-27-35-99-80(120)58-133-46-43-127-37-40-130-49-52-136-95-83(101-61(3)107)89(145-70(12)116)86(142-67(9)113)76(148-95)55-139-64(6)110)104-91(122)72(103-81(121)59-134-47-44-128-38-41-131-50-53-137-96-84(102-62(4)108)90(146-71(13)117)87(143-68(10)114)77(149-96)56-140-65(7)111)29-23-26-34-98-79(119)57-132-45-42-126-36-39-129-48-51-135-94-82(100-60(2)106)88(144-69(11)115)85(141-66(8)112)75(147-94)54-138-63(5)109;/h72-77,82-90,94-96H,14-59H2,1-13H3,(H,97,118)(H,98,119)(H,99,120)(H,100,106)(H,101,107)(H,102,108)(H,103,121)(H,104,122)(H,105,123)(H,124,125);1H4/t72-,73-,74-,75+,76+,77+,82+,83+,84+,85-,86-,87-,88+,89+,90+,94+,95?,96+;/m0./s1. The van der Waals surface area contributed by atoms with Gasteiger partial charge in [0.1, 0.15) is 94.2 Å². The van der Waals surface area contributed by atoms with Crippen molar-refractivity contribution in [1.82, 2.24) is 47.9 Å². The molecule has 0 radical (unpaired) electrons. The van der Waals surface area contributed by atoms with E-state index in [4.69, 9.17) is 114 Å². The molecule has 3 saturated heterocycles. The zero-order valence-electron chi connectivity index (χ0n) is 87.9. The first-order valence-electron chi connectivity index (χ1n) is 50.4. The van der Waals surface area contributed by atoms with Crippen LogP contribution in [0, 0.1) is 0 Å². The van der Waals surface area contributed by atoms with Crippen molar-refractivity contribution < 1.29 is 210 Å². The number of carboxylic acid groups (broad SMARTS) is 1. The van der Waals surface area contributed by atoms with Crippen molar-refractivity contribution in [3.63, 3.8) is 0 Å². The molecule has 3 rings (SSSR count). The lowest BCUT2D eigenvalue weighted by Gasteiger charge is -2.44. The predicted octanol–water partition coefficient (Wildman–Crippen LogP) is 0.109. The maximum atomic E-state index is 14.6. The van der Waals surface area contributed by atoms with Crippen LogP contribution in [0.5, 0.6) is 0 Å². The molecule has 0 spiro atoms. The molecule has 3 fully saturated rings. The molecular formula is C97H163N9O44. The van der Waals surface area contributed by atoms with E-state index < -0.39 is 243 Å². The number of ether oxygens (including phenoxy) is 24. The van der Waals surface area contributed by atoms with Gasteiger partial charge in [-0.25, -0.2) is 4.79 Å². The highest BCUT2D eigenvalue weighted by Gasteiger charge is 2.55. The van der Waals surface area contributed by atoms with Gasteiger partial charge in [-0.05, 0) is 64.2 Å². The van der Waals surface area contributed by atoms with Crippen LogP contribution in [0.3, 0.4) is 0 Å². The molecule has 0 saturated carbocycles. The summed E-state index contributed by atoms with van der Waals surface area (Å²) in [5, 5.41) is 34.5. The maximum absolute atomic E-state index is 14.6. The minimum absolute atomic E-state index is 0. The molecule has 3 heterocycles. The Bertz CT molecular complexity index is 4030. The Balaban J connectivity index is 0.0000760. The summed E-state index contributed by atoms with van der Waals surface area (Å²) < 4.78 is 134. The van der Waals surface area contributed by atoms with Gasteiger partial charge in [0.15, 0.2) is 55.5 Å². The summed E-state index contributed by atoms with van der Waals surface area (Å²) in [7, 11) is 0. The molecule has 10 N–H and O–H groups in total. The Hall–Kier alpha value is -10.7. The van der Waals surface area contributed by atoms with Gasteiger partial charge < -0.3 is 167 Å². The van der Waals surface area contributed by atoms with Gasteiger partial charge in [0, 0.05) is 109 Å². The second-order valence-electron chi connectivity index (χ2n) is 34.8. The minimum atomic E-state index is -1.45. The monoisotopic (exact) mass is 2160 g/mol. The van der Waals surface area contributed by atoms with Crippen LogP contribution < -0.4 is 47.9 Å². The summed E-state index contributed by atoms with van der Waals surface area (Å²) in [6.07, 6.45) is -4.12. The number of carboxylic acids is 1. The largest absolute Gasteiger partial charge is 0.480 e. The van der Waals surface area contributed by atoms with E-state index in [0.29, 0.717) is 12.8 Å². The van der Waals surface area contributed by atoms with E-state index in [9.17, 15) is 96.2 Å². The molecule has 53 nitrogen and oxygen atoms in total. The van der Waals surface area contributed by atoms with Crippen molar-refractivity contribution in [3.05, 3.63) is 0 Å². The lowest BCUT2D eigenvalue weighted by molar-refractivity contribution is -0.279. The molecule has 18 atom stereocenters. The summed E-state index contributed by atoms with van der Waals surface area (Å²) in [6.45, 7) is 13.2. The lowest BCUT2D eigenvalue weighted by atomic mass is 9.96. The van der Waals surface area contributed by atoms with Crippen molar-refractivity contribution in [1.29, 1.82) is 0 Å². The van der Waals surface area contributed by atoms with E-state index in [-0.39, 0.29) is 216 Å². The summed E-state index contributed by atoms with van der Waals surface area (Å²) >= 11 is 0. The van der Waals surface area contributed by atoms with Crippen LogP contribution in [0.25, 0.3) is 0 Å². The fourth-order valence-corrected chi connectivity index (χ4v) is 15.2. The molecule has 0 bridgehead atoms. The number of hydrogen-bond acceptors (Lipinski definition) is 43. The molecule has 1 unspecified atom stereocenters. The Morgan fingerprint density at radius 2 is 0.527 bits per heavy atom. The van der Waals surface area contributed by atoms with Gasteiger partial charge in [-0.15, -0.1) is 0 Å². The number of aliphatic carboxylic acids is 1. The summed E-state index contributed by atoms with van der Waals surface area (Å²) in [6, 6.07) is -7.82. The van der Waals surface area contributed by atoms with Crippen molar-refractivity contribution in [2.24, 2.45) is 0 Å². The maximum Gasteiger partial charge on any atom is 0.326 e. The number of nitrogens with one attached hydrogen (secondary N) is 9. The highest BCUT2D eigenvalue weighted by Crippen LogP contribution is 2.32. The van der Waals surface area contributed by atoms with Gasteiger partial charge in [0.2, 0.25) is 53.2 Å². The fraction of sp³-hybridized carbons (Fsp3) is 0.804. The van der Waals surface area contributed by atoms with Crippen molar-refractivity contribution in [2.75, 3.05) is 178 Å². The number of rotatable bonds is 82. The van der Waals surface area contributed by atoms with Gasteiger partial charge in [-0.2, -0.15) is 0 Å². The number of unbranched alkanes of at least 4 members (excludes halogenated alkanes) is 11. The molecule has 3 aliphatic rings. The van der Waals surface area contributed by atoms with Crippen molar-refractivity contribution in [2.45, 2.75) is 329 Å². The van der Waals surface area contributed by atoms with E-state index >= 15 is 0 Å². The smallest absolute Gasteiger partial charge is 0.326 e. The van der Waals surface area contributed by atoms with Crippen LogP contribution in [0.4, 0.5) is 0 Å². The van der Waals surface area contributed by atoms with E-state index in [1.54, 1.807) is 0 Å². The SMILES string of the molecule is C.CCCCCCCCCCCC(=O)NCCCC[C@H](NC(=O)[C@H](CCCCNC(=O)COCCOCCOCCOC1O[C@H](COC(C)=O)[C@H](OC(C)=O)[C@H](OC(C)=O)[C@H]1NC(C)=O)NC(=O)[C@H](CCCCNC(=O)COCCOCCOCCO[C@@H]1O[C@H](COC(C)=O)[C@H](OC(C)=O)[C@H](OC(C)=O)[C@H]1NC(C)=O)NC(=O)COCCOCCOCCO[C@@H]1O[C@H](COC(C)=O)[C@H](OC(C)=O)[C@H](OC(C)=O)[C@H]1NC(C)=O)C(=O)O. The molecule has 9 amide bonds. The summed E-state index contributed by atoms with van der Waals surface area (Å²) in [5.41, 5.74) is 0. The Morgan fingerprint density at radius 1 is 0.273 bits per heavy atom. The number of carbonyl (C=O) groups is 19. The number of amides is 9. The average Bonchev–Trinajstić information content (AvgIpc) is 0.792. The van der Waals surface area contributed by atoms with Gasteiger partial charge in [0.05, 0.1) is 119 Å². The van der Waals surface area contributed by atoms with E-state index in [2.05, 4.69) is 54.8 Å². The minimum Gasteiger partial charge on any atom is -0.480 e. The predicted molar refractivity (Wildman–Crippen MR) is 520 cm³/mol. The van der Waals surface area contributed by atoms with Crippen LogP contribution in [-0.2, 0) is 205 Å². The van der Waals surface area contributed by atoms with Crippen LogP contribution in [0.1, 0.15) is 219 Å². The molecule has 860 valence electrons. The molecule has 0 aromatic rings. The normalized spacial score (nSPS) is 20.8. The third kappa shape index (κ3) is 63.0. The van der Waals surface area contributed by atoms with Crippen LogP contribution in [0.15, 0.2) is 0 Å². The van der Waals surface area contributed by atoms with Crippen LogP contribution >= 0.6 is 0 Å². The first-order chi connectivity index (χ1) is 71.2. The van der Waals surface area contributed by atoms with Gasteiger partial charge in [-0.1, -0.05) is 65.7 Å². The van der Waals surface area contributed by atoms with E-state index in [0.717, 1.165) is 94.4 Å². The third-order valence-electron chi connectivity index (χ3n) is 21.8. The molecule has 3 aliphatic heterocycles. The molecule has 0 aliphatic carbocycles. The van der Waals surface area contributed by atoms with Gasteiger partial charge in [-0.3, -0.25) is 86.3 Å². The molecule has 0 aromatic carbocycles. The molecule has 53 heteroatoms. The van der Waals surface area contributed by atoms with Crippen LogP contribution in [-0.4, -0.2) is 406 Å². The van der Waals surface area contributed by atoms with E-state index in [1.807, 2.05) is 0 Å². The first-order valence-corrected chi connectivity index (χ1v) is 50.4. The second kappa shape index (κ2) is 81.1. The molecule has 150 heavy (non-hydrogen) atoms. The zero-order valence-corrected chi connectivity index (χ0v) is 87.9. The van der Waals surface area contributed by atoms with Gasteiger partial charge >= 0.3 is 59.7 Å². The highest BCUT2D eigenvalue weighted by atomic mass is 16.7. The van der Waals surface area contributed by atoms with E-state index in [1.165, 1.54) is 46.5 Å². The second-order valence-corrected chi connectivity index (χ2v) is 34.8. The highest BCUT2D eigenvalue weighted by molar-refractivity contribution is 5.93. The van der Waals surface area contributed by atoms with Crippen LogP contribution in [0.2, 0.25) is 0 Å². The Morgan fingerprint density at radius 3 is 0.813 bits per heavy atom. The number of carbonyl (C=O) groups excluding carboxylic acids is 18. The Kier molecular flexibility index (Phi) is 73.2. The molecular weight excluding hydrogens is 2000 g/mol. The van der Waals surface area contributed by atoms with Gasteiger partial charge in [0.25, 0.3) is 0 Å². The number of hydrogen-bond donors (Lipinski definition) is 10. The number of esters is 9. The topological polar surface area (TPSA) is 674 Å². The fourth-order valence-electron chi connectivity index (χ4n) is 15.2. The first kappa shape index (κ1) is 135. The molecule has 0 aromatic heterocycles. The summed E-state index contributed by atoms with van der Waals surface area (Å²) in [4.78, 5) is 240. The lowest BCUT2D eigenvalue weighted by Crippen LogP contribution is -2.66. The average molecular weight is 2160 g/mol. The Labute approximate surface area is 874 Å². The third-order valence-corrected chi connectivity index (χ3v) is 21.8. The zero-order chi connectivity index (χ0) is 110. The summed E-state index contributed by atoms with van der Waals surface area (Å²) in [5.74, 6) is -13.5. The van der Waals surface area contributed by atoms with Crippen molar-refractivity contribution in [3.8, 4) is 0 Å².